The summed E-state index contributed by atoms with van der Waals surface area (Å²) in [6, 6.07) is 1.79. The van der Waals surface area contributed by atoms with Crippen molar-refractivity contribution in [3.8, 4) is 0 Å². The van der Waals surface area contributed by atoms with Gasteiger partial charge >= 0.3 is 0 Å². The topological polar surface area (TPSA) is 110 Å². The van der Waals surface area contributed by atoms with Gasteiger partial charge in [-0.15, -0.1) is 0 Å². The number of anilines is 2. The van der Waals surface area contributed by atoms with Gasteiger partial charge < -0.3 is 16.2 Å². The maximum absolute atomic E-state index is 9.74. The zero-order chi connectivity index (χ0) is 20.3. The number of hydrogen-bond acceptors (Lipinski definition) is 9. The fourth-order valence-corrected chi connectivity index (χ4v) is 4.85. The van der Waals surface area contributed by atoms with Crippen LogP contribution < -0.4 is 11.1 Å². The third-order valence-corrected chi connectivity index (χ3v) is 6.29. The number of thiazole rings is 1. The van der Waals surface area contributed by atoms with Crippen LogP contribution in [0.15, 0.2) is 23.6 Å². The maximum atomic E-state index is 9.74. The van der Waals surface area contributed by atoms with Crippen LogP contribution in [0.1, 0.15) is 38.0 Å². The minimum absolute atomic E-state index is 0.0173. The Kier molecular flexibility index (Phi) is 6.92. The highest BCUT2D eigenvalue weighted by Crippen LogP contribution is 2.38. The summed E-state index contributed by atoms with van der Waals surface area (Å²) >= 11 is 9.09. The van der Waals surface area contributed by atoms with Gasteiger partial charge in [-0.3, -0.25) is 4.98 Å². The molecule has 7 nitrogen and oxygen atoms in total. The number of thioether (sulfide) groups is 1. The SMILES string of the molecule is CC(C)C[C@H](CO)Nc1nc(S[C@H](C)c2ccncc2Cl)nc2nc(N)sc12. The Morgan fingerprint density at radius 1 is 1.29 bits per heavy atom. The summed E-state index contributed by atoms with van der Waals surface area (Å²) in [6.07, 6.45) is 4.17. The molecule has 0 radical (unpaired) electrons. The lowest BCUT2D eigenvalue weighted by Crippen LogP contribution is -2.26. The van der Waals surface area contributed by atoms with Crippen molar-refractivity contribution in [1.29, 1.82) is 0 Å². The molecule has 3 rings (SSSR count). The number of aromatic nitrogens is 4. The predicted molar refractivity (Wildman–Crippen MR) is 117 cm³/mol. The number of fused-ring (bicyclic) bond motifs is 1. The van der Waals surface area contributed by atoms with E-state index < -0.39 is 0 Å². The molecule has 0 unspecified atom stereocenters. The third kappa shape index (κ3) is 5.02. The number of hydrogen-bond donors (Lipinski definition) is 3. The standard InChI is InChI=1S/C18H23ClN6OS2/c1-9(2)6-11(8-26)22-15-14-16(23-17(20)28-14)25-18(24-15)27-10(3)12-4-5-21-7-13(12)19/h4-5,7,9-11,26H,6,8H2,1-3H3,(H3,20,22,23,24,25)/t10-,11-/m1/s1. The quantitative estimate of drug-likeness (QED) is 0.351. The fourth-order valence-electron chi connectivity index (χ4n) is 2.85. The molecule has 0 bridgehead atoms. The molecule has 2 atom stereocenters. The van der Waals surface area contributed by atoms with E-state index in [4.69, 9.17) is 22.3 Å². The molecule has 3 aromatic rings. The first-order valence-corrected chi connectivity index (χ1v) is 11.0. The number of nitrogens with zero attached hydrogens (tertiary/aromatic N) is 4. The highest BCUT2D eigenvalue weighted by Gasteiger charge is 2.19. The third-order valence-electron chi connectivity index (χ3n) is 4.09. The molecular formula is C18H23ClN6OS2. The monoisotopic (exact) mass is 438 g/mol. The molecule has 150 valence electrons. The van der Waals surface area contributed by atoms with Gasteiger partial charge in [0.25, 0.3) is 0 Å². The Balaban J connectivity index is 1.92. The van der Waals surface area contributed by atoms with Crippen molar-refractivity contribution < 1.29 is 5.11 Å². The molecule has 10 heteroatoms. The first-order valence-electron chi connectivity index (χ1n) is 8.94. The second-order valence-corrected chi connectivity index (χ2v) is 9.62. The smallest absolute Gasteiger partial charge is 0.192 e. The van der Waals surface area contributed by atoms with Crippen LogP contribution in [-0.2, 0) is 0 Å². The van der Waals surface area contributed by atoms with Gasteiger partial charge in [-0.2, -0.15) is 0 Å². The number of aliphatic hydroxyl groups excluding tert-OH is 1. The molecular weight excluding hydrogens is 416 g/mol. The average Bonchev–Trinajstić information content (AvgIpc) is 3.01. The summed E-state index contributed by atoms with van der Waals surface area (Å²) in [5.74, 6) is 1.09. The maximum Gasteiger partial charge on any atom is 0.192 e. The average molecular weight is 439 g/mol. The molecule has 0 saturated carbocycles. The van der Waals surface area contributed by atoms with Gasteiger partial charge in [-0.1, -0.05) is 48.5 Å². The van der Waals surface area contributed by atoms with Crippen LogP contribution in [0.2, 0.25) is 5.02 Å². The Morgan fingerprint density at radius 3 is 2.75 bits per heavy atom. The van der Waals surface area contributed by atoms with Crippen molar-refractivity contribution in [3.63, 3.8) is 0 Å². The molecule has 0 aliphatic rings. The van der Waals surface area contributed by atoms with Crippen LogP contribution in [0.4, 0.5) is 10.9 Å². The first kappa shape index (κ1) is 21.0. The number of pyridine rings is 1. The van der Waals surface area contributed by atoms with Crippen LogP contribution in [0.5, 0.6) is 0 Å². The molecule has 0 spiro atoms. The number of rotatable bonds is 8. The Bertz CT molecular complexity index is 951. The van der Waals surface area contributed by atoms with Gasteiger partial charge in [0.15, 0.2) is 21.8 Å². The number of halogens is 1. The lowest BCUT2D eigenvalue weighted by atomic mass is 10.0. The van der Waals surface area contributed by atoms with Gasteiger partial charge in [0.2, 0.25) is 0 Å². The highest BCUT2D eigenvalue weighted by molar-refractivity contribution is 7.99. The van der Waals surface area contributed by atoms with Gasteiger partial charge in [0.05, 0.1) is 17.7 Å². The summed E-state index contributed by atoms with van der Waals surface area (Å²) in [7, 11) is 0. The Morgan fingerprint density at radius 2 is 2.07 bits per heavy atom. The minimum Gasteiger partial charge on any atom is -0.394 e. The summed E-state index contributed by atoms with van der Waals surface area (Å²) in [5.41, 5.74) is 7.41. The van der Waals surface area contributed by atoms with Gasteiger partial charge in [-0.25, -0.2) is 15.0 Å². The molecule has 0 saturated heterocycles. The lowest BCUT2D eigenvalue weighted by molar-refractivity contribution is 0.259. The largest absolute Gasteiger partial charge is 0.394 e. The van der Waals surface area contributed by atoms with Crippen LogP contribution in [0, 0.1) is 5.92 Å². The summed E-state index contributed by atoms with van der Waals surface area (Å²) < 4.78 is 0.790. The van der Waals surface area contributed by atoms with Crippen molar-refractivity contribution in [2.75, 3.05) is 17.7 Å². The van der Waals surface area contributed by atoms with E-state index in [1.807, 2.05) is 13.0 Å². The molecule has 3 heterocycles. The van der Waals surface area contributed by atoms with Gasteiger partial charge in [-0.05, 0) is 30.9 Å². The fraction of sp³-hybridized carbons (Fsp3) is 0.444. The molecule has 0 aliphatic heterocycles. The molecule has 0 aromatic carbocycles. The Labute approximate surface area is 177 Å². The van der Waals surface area contributed by atoms with E-state index >= 15 is 0 Å². The van der Waals surface area contributed by atoms with E-state index in [-0.39, 0.29) is 17.9 Å². The summed E-state index contributed by atoms with van der Waals surface area (Å²) in [6.45, 7) is 6.29. The van der Waals surface area contributed by atoms with Crippen LogP contribution >= 0.6 is 34.7 Å². The summed E-state index contributed by atoms with van der Waals surface area (Å²) in [5, 5.41) is 14.7. The molecule has 3 aromatic heterocycles. The van der Waals surface area contributed by atoms with Gasteiger partial charge in [0, 0.05) is 17.6 Å². The normalized spacial score (nSPS) is 13.8. The highest BCUT2D eigenvalue weighted by atomic mass is 35.5. The number of nitrogens with two attached hydrogens (primary N) is 1. The number of nitrogens with one attached hydrogen (secondary N) is 1. The van der Waals surface area contributed by atoms with Crippen molar-refractivity contribution in [2.45, 2.75) is 43.6 Å². The van der Waals surface area contributed by atoms with E-state index in [1.165, 1.54) is 23.1 Å². The minimum atomic E-state index is -0.105. The predicted octanol–water partition coefficient (Wildman–Crippen LogP) is 4.39. The molecule has 0 aliphatic carbocycles. The van der Waals surface area contributed by atoms with Crippen LogP contribution in [0.25, 0.3) is 10.3 Å². The van der Waals surface area contributed by atoms with Crippen molar-refractivity contribution >= 4 is 56.0 Å². The molecule has 0 amide bonds. The van der Waals surface area contributed by atoms with E-state index in [2.05, 4.69) is 34.1 Å². The molecule has 28 heavy (non-hydrogen) atoms. The van der Waals surface area contributed by atoms with E-state index in [9.17, 15) is 5.11 Å². The number of aliphatic hydroxyl groups is 1. The van der Waals surface area contributed by atoms with Crippen molar-refractivity contribution in [1.82, 2.24) is 19.9 Å². The van der Waals surface area contributed by atoms with Gasteiger partial charge in [0.1, 0.15) is 4.70 Å². The molecule has 4 N–H and O–H groups in total. The van der Waals surface area contributed by atoms with E-state index in [0.29, 0.717) is 32.7 Å². The van der Waals surface area contributed by atoms with Crippen LogP contribution in [-0.4, -0.2) is 37.7 Å². The Hall–Kier alpha value is -1.68. The zero-order valence-electron chi connectivity index (χ0n) is 15.9. The van der Waals surface area contributed by atoms with Crippen LogP contribution in [0.3, 0.4) is 0 Å². The number of nitrogen functional groups attached to an aromatic ring is 1. The van der Waals surface area contributed by atoms with Crippen molar-refractivity contribution in [3.05, 3.63) is 29.0 Å². The second-order valence-electron chi connectivity index (χ2n) is 6.87. The molecule has 0 fully saturated rings. The van der Waals surface area contributed by atoms with Crippen molar-refractivity contribution in [2.24, 2.45) is 5.92 Å². The van der Waals surface area contributed by atoms with E-state index in [1.54, 1.807) is 12.4 Å². The first-order chi connectivity index (χ1) is 13.4. The zero-order valence-corrected chi connectivity index (χ0v) is 18.3. The lowest BCUT2D eigenvalue weighted by Gasteiger charge is -2.19. The second kappa shape index (κ2) is 9.21. The van der Waals surface area contributed by atoms with E-state index in [0.717, 1.165) is 16.7 Å². The summed E-state index contributed by atoms with van der Waals surface area (Å²) in [4.78, 5) is 17.6.